The van der Waals surface area contributed by atoms with Crippen LogP contribution in [0.1, 0.15) is 30.2 Å². The molecule has 2 aromatic rings. The molecule has 0 bridgehead atoms. The van der Waals surface area contributed by atoms with Gasteiger partial charge in [0.05, 0.1) is 0 Å². The fourth-order valence-corrected chi connectivity index (χ4v) is 4.72. The zero-order valence-electron chi connectivity index (χ0n) is 14.7. The second kappa shape index (κ2) is 8.10. The molecule has 24 heavy (non-hydrogen) atoms. The maximum atomic E-state index is 6.05. The fourth-order valence-electron chi connectivity index (χ4n) is 3.64. The number of hydrogen-bond acceptors (Lipinski definition) is 5. The molecular formula is C19H28N4S. The number of nitrogens with zero attached hydrogens (tertiary/aromatic N) is 3. The molecule has 1 aromatic carbocycles. The summed E-state index contributed by atoms with van der Waals surface area (Å²) in [5.74, 6) is 1.09. The first kappa shape index (κ1) is 17.4. The van der Waals surface area contributed by atoms with Crippen molar-refractivity contribution in [2.75, 3.05) is 37.6 Å². The molecule has 0 radical (unpaired) electrons. The molecular weight excluding hydrogens is 316 g/mol. The van der Waals surface area contributed by atoms with Crippen LogP contribution in [0.2, 0.25) is 0 Å². The summed E-state index contributed by atoms with van der Waals surface area (Å²) in [4.78, 5) is 10.8. The van der Waals surface area contributed by atoms with Gasteiger partial charge in [0.15, 0.2) is 5.13 Å². The van der Waals surface area contributed by atoms with Crippen LogP contribution in [-0.4, -0.2) is 42.6 Å². The maximum Gasteiger partial charge on any atom is 0.185 e. The number of rotatable bonds is 7. The van der Waals surface area contributed by atoms with Gasteiger partial charge >= 0.3 is 0 Å². The van der Waals surface area contributed by atoms with Crippen LogP contribution in [0.25, 0.3) is 0 Å². The molecule has 1 saturated heterocycles. The van der Waals surface area contributed by atoms with Crippen LogP contribution in [-0.2, 0) is 6.54 Å². The number of benzene rings is 1. The van der Waals surface area contributed by atoms with Gasteiger partial charge in [-0.3, -0.25) is 4.90 Å². The van der Waals surface area contributed by atoms with Crippen LogP contribution in [0.15, 0.2) is 36.5 Å². The van der Waals surface area contributed by atoms with Crippen LogP contribution < -0.4 is 10.6 Å². The number of likely N-dealkylation sites (tertiary alicyclic amines) is 1. The summed E-state index contributed by atoms with van der Waals surface area (Å²) in [7, 11) is 0. The molecule has 0 aliphatic carbocycles. The van der Waals surface area contributed by atoms with Crippen molar-refractivity contribution in [3.05, 3.63) is 47.0 Å². The van der Waals surface area contributed by atoms with Gasteiger partial charge in [0.2, 0.25) is 0 Å². The van der Waals surface area contributed by atoms with Crippen molar-refractivity contribution >= 4 is 16.5 Å². The van der Waals surface area contributed by atoms with Gasteiger partial charge in [-0.25, -0.2) is 4.98 Å². The molecule has 1 aliphatic heterocycles. The third kappa shape index (κ3) is 3.79. The van der Waals surface area contributed by atoms with Crippen molar-refractivity contribution in [3.8, 4) is 0 Å². The Hall–Kier alpha value is -1.43. The van der Waals surface area contributed by atoms with Crippen molar-refractivity contribution in [1.29, 1.82) is 0 Å². The highest BCUT2D eigenvalue weighted by Crippen LogP contribution is 2.33. The van der Waals surface area contributed by atoms with Crippen molar-refractivity contribution in [2.45, 2.75) is 26.3 Å². The molecule has 3 rings (SSSR count). The van der Waals surface area contributed by atoms with Crippen molar-refractivity contribution in [2.24, 2.45) is 11.7 Å². The Morgan fingerprint density at radius 2 is 1.96 bits per heavy atom. The van der Waals surface area contributed by atoms with Crippen molar-refractivity contribution < 1.29 is 0 Å². The lowest BCUT2D eigenvalue weighted by molar-refractivity contribution is 0.319. The van der Waals surface area contributed by atoms with E-state index in [1.807, 2.05) is 17.5 Å². The lowest BCUT2D eigenvalue weighted by Crippen LogP contribution is -2.23. The predicted octanol–water partition coefficient (Wildman–Crippen LogP) is 3.16. The molecule has 2 heterocycles. The topological polar surface area (TPSA) is 45.4 Å². The maximum absolute atomic E-state index is 6.05. The molecule has 5 heteroatoms. The lowest BCUT2D eigenvalue weighted by Gasteiger charge is -2.17. The average Bonchev–Trinajstić information content (AvgIpc) is 3.24. The summed E-state index contributed by atoms with van der Waals surface area (Å²) in [6.07, 6.45) is 2.05. The highest BCUT2D eigenvalue weighted by molar-refractivity contribution is 7.15. The van der Waals surface area contributed by atoms with Gasteiger partial charge in [0.1, 0.15) is 0 Å². The Bertz CT molecular complexity index is 623. The number of thiazole rings is 1. The smallest absolute Gasteiger partial charge is 0.185 e. The first-order chi connectivity index (χ1) is 11.7. The van der Waals surface area contributed by atoms with Crippen molar-refractivity contribution in [1.82, 2.24) is 9.88 Å². The van der Waals surface area contributed by atoms with Gasteiger partial charge in [-0.05, 0) is 31.9 Å². The quantitative estimate of drug-likeness (QED) is 0.838. The predicted molar refractivity (Wildman–Crippen MR) is 103 cm³/mol. The van der Waals surface area contributed by atoms with E-state index in [0.717, 1.165) is 44.4 Å². The fraction of sp³-hybridized carbons (Fsp3) is 0.526. The molecule has 0 amide bonds. The number of hydrogen-bond donors (Lipinski definition) is 1. The molecule has 1 aliphatic rings. The average molecular weight is 345 g/mol. The van der Waals surface area contributed by atoms with E-state index in [2.05, 4.69) is 59.0 Å². The molecule has 0 saturated carbocycles. The van der Waals surface area contributed by atoms with Gasteiger partial charge in [-0.1, -0.05) is 30.3 Å². The van der Waals surface area contributed by atoms with Crippen LogP contribution in [0.3, 0.4) is 0 Å². The lowest BCUT2D eigenvalue weighted by atomic mass is 9.89. The Balaban J connectivity index is 1.66. The second-order valence-corrected chi connectivity index (χ2v) is 7.58. The third-order valence-electron chi connectivity index (χ3n) is 5.00. The van der Waals surface area contributed by atoms with E-state index in [1.165, 1.54) is 10.4 Å². The molecule has 1 aromatic heterocycles. The Kier molecular flexibility index (Phi) is 5.87. The standard InChI is InChI=1S/C19H28N4S/c1-3-23(4-2)19-21-11-17(24-19)13-22-12-16(10-20)18(14-22)15-8-6-5-7-9-15/h5-9,11,16,18H,3-4,10,12-14,20H2,1-2H3/t16-,18+/m1/s1. The first-order valence-corrected chi connectivity index (χ1v) is 9.73. The van der Waals surface area contributed by atoms with Gasteiger partial charge in [0.25, 0.3) is 0 Å². The minimum Gasteiger partial charge on any atom is -0.349 e. The number of anilines is 1. The first-order valence-electron chi connectivity index (χ1n) is 8.92. The minimum atomic E-state index is 0.544. The van der Waals surface area contributed by atoms with E-state index in [4.69, 9.17) is 5.73 Å². The largest absolute Gasteiger partial charge is 0.349 e. The Morgan fingerprint density at radius 1 is 1.21 bits per heavy atom. The summed E-state index contributed by atoms with van der Waals surface area (Å²) >= 11 is 1.82. The molecule has 4 nitrogen and oxygen atoms in total. The zero-order valence-corrected chi connectivity index (χ0v) is 15.5. The van der Waals surface area contributed by atoms with Crippen LogP contribution in [0, 0.1) is 5.92 Å². The summed E-state index contributed by atoms with van der Waals surface area (Å²) in [5, 5.41) is 1.14. The molecule has 0 unspecified atom stereocenters. The van der Waals surface area contributed by atoms with Crippen LogP contribution >= 0.6 is 11.3 Å². The minimum absolute atomic E-state index is 0.544. The van der Waals surface area contributed by atoms with Gasteiger partial charge in [-0.2, -0.15) is 0 Å². The molecule has 0 spiro atoms. The van der Waals surface area contributed by atoms with Gasteiger partial charge in [-0.15, -0.1) is 11.3 Å². The Morgan fingerprint density at radius 3 is 2.62 bits per heavy atom. The number of nitrogens with two attached hydrogens (primary N) is 1. The summed E-state index contributed by atoms with van der Waals surface area (Å²) in [6, 6.07) is 10.8. The van der Waals surface area contributed by atoms with Crippen LogP contribution in [0.5, 0.6) is 0 Å². The normalized spacial score (nSPS) is 21.3. The van der Waals surface area contributed by atoms with E-state index in [0.29, 0.717) is 11.8 Å². The highest BCUT2D eigenvalue weighted by atomic mass is 32.1. The third-order valence-corrected chi connectivity index (χ3v) is 6.04. The second-order valence-electron chi connectivity index (χ2n) is 6.49. The van der Waals surface area contributed by atoms with Crippen LogP contribution in [0.4, 0.5) is 5.13 Å². The monoisotopic (exact) mass is 344 g/mol. The Labute approximate surface area is 149 Å². The molecule has 130 valence electrons. The zero-order chi connectivity index (χ0) is 16.9. The van der Waals surface area contributed by atoms with E-state index in [1.54, 1.807) is 0 Å². The SMILES string of the molecule is CCN(CC)c1ncc(CN2C[C@@H](CN)[C@H](c3ccccc3)C2)s1. The highest BCUT2D eigenvalue weighted by Gasteiger charge is 2.32. The van der Waals surface area contributed by atoms with E-state index >= 15 is 0 Å². The van der Waals surface area contributed by atoms with Crippen molar-refractivity contribution in [3.63, 3.8) is 0 Å². The summed E-state index contributed by atoms with van der Waals surface area (Å²) < 4.78 is 0. The molecule has 2 atom stereocenters. The van der Waals surface area contributed by atoms with Gasteiger partial charge in [0, 0.05) is 49.7 Å². The van der Waals surface area contributed by atoms with E-state index in [-0.39, 0.29) is 0 Å². The van der Waals surface area contributed by atoms with Gasteiger partial charge < -0.3 is 10.6 Å². The summed E-state index contributed by atoms with van der Waals surface area (Å²) in [6.45, 7) is 10.3. The molecule has 1 fully saturated rings. The van der Waals surface area contributed by atoms with E-state index < -0.39 is 0 Å². The molecule has 2 N–H and O–H groups in total. The number of aromatic nitrogens is 1. The van der Waals surface area contributed by atoms with E-state index in [9.17, 15) is 0 Å². The summed E-state index contributed by atoms with van der Waals surface area (Å²) in [5.41, 5.74) is 7.47.